The van der Waals surface area contributed by atoms with E-state index in [-0.39, 0.29) is 10.8 Å². The molecule has 0 spiro atoms. The first kappa shape index (κ1) is 20.8. The van der Waals surface area contributed by atoms with Crippen LogP contribution in [0.1, 0.15) is 37.6 Å². The molecule has 0 atom stereocenters. The van der Waals surface area contributed by atoms with Gasteiger partial charge >= 0.3 is 0 Å². The van der Waals surface area contributed by atoms with Crippen molar-refractivity contribution in [3.8, 4) is 0 Å². The predicted molar refractivity (Wildman–Crippen MR) is 110 cm³/mol. The summed E-state index contributed by atoms with van der Waals surface area (Å²) in [7, 11) is -3.71. The largest absolute Gasteiger partial charge is 0.372 e. The molecule has 0 saturated heterocycles. The topological polar surface area (TPSA) is 78.5 Å². The highest BCUT2D eigenvalue weighted by Gasteiger charge is 2.15. The molecule has 0 aliphatic rings. The van der Waals surface area contributed by atoms with Gasteiger partial charge in [-0.2, -0.15) is 0 Å². The molecule has 6 nitrogen and oxygen atoms in total. The molecule has 0 radical (unpaired) electrons. The Balaban J connectivity index is 2.11. The van der Waals surface area contributed by atoms with Crippen LogP contribution in [0.15, 0.2) is 53.4 Å². The van der Waals surface area contributed by atoms with Crippen molar-refractivity contribution < 1.29 is 13.2 Å². The number of hydrogen-bond donors (Lipinski definition) is 2. The van der Waals surface area contributed by atoms with Crippen molar-refractivity contribution in [3.63, 3.8) is 0 Å². The molecule has 0 heterocycles. The molecule has 27 heavy (non-hydrogen) atoms. The van der Waals surface area contributed by atoms with Crippen LogP contribution in [-0.4, -0.2) is 34.0 Å². The quantitative estimate of drug-likeness (QED) is 0.688. The number of hydrogen-bond acceptors (Lipinski definition) is 4. The molecule has 1 amide bonds. The van der Waals surface area contributed by atoms with Crippen LogP contribution >= 0.6 is 0 Å². The van der Waals surface area contributed by atoms with E-state index in [4.69, 9.17) is 0 Å². The Hall–Kier alpha value is -2.54. The second kappa shape index (κ2) is 9.41. The van der Waals surface area contributed by atoms with Gasteiger partial charge in [-0.25, -0.2) is 8.42 Å². The minimum atomic E-state index is -3.71. The first-order valence-electron chi connectivity index (χ1n) is 9.17. The van der Waals surface area contributed by atoms with Gasteiger partial charge in [0.1, 0.15) is 0 Å². The summed E-state index contributed by atoms with van der Waals surface area (Å²) in [6.45, 7) is 8.48. The van der Waals surface area contributed by atoms with Crippen molar-refractivity contribution in [2.45, 2.75) is 32.1 Å². The summed E-state index contributed by atoms with van der Waals surface area (Å²) in [4.78, 5) is 14.2. The van der Waals surface area contributed by atoms with Gasteiger partial charge in [0.2, 0.25) is 0 Å². The molecule has 2 rings (SSSR count). The van der Waals surface area contributed by atoms with E-state index in [2.05, 4.69) is 28.8 Å². The highest BCUT2D eigenvalue weighted by atomic mass is 32.2. The van der Waals surface area contributed by atoms with E-state index in [0.29, 0.717) is 17.8 Å². The second-order valence-electron chi connectivity index (χ2n) is 6.10. The minimum Gasteiger partial charge on any atom is -0.372 e. The number of nitrogens with one attached hydrogen (secondary N) is 2. The van der Waals surface area contributed by atoms with Crippen molar-refractivity contribution in [1.29, 1.82) is 0 Å². The molecule has 2 aromatic rings. The molecule has 146 valence electrons. The number of carbonyl (C=O) groups excluding carboxylic acids is 1. The van der Waals surface area contributed by atoms with Gasteiger partial charge in [0.25, 0.3) is 15.9 Å². The van der Waals surface area contributed by atoms with Gasteiger partial charge in [-0.3, -0.25) is 9.52 Å². The summed E-state index contributed by atoms with van der Waals surface area (Å²) in [5.74, 6) is -0.208. The summed E-state index contributed by atoms with van der Waals surface area (Å²) in [6, 6.07) is 13.2. The van der Waals surface area contributed by atoms with Crippen molar-refractivity contribution >= 4 is 27.3 Å². The monoisotopic (exact) mass is 389 g/mol. The highest BCUT2D eigenvalue weighted by molar-refractivity contribution is 7.92. The van der Waals surface area contributed by atoms with Crippen molar-refractivity contribution in [2.75, 3.05) is 29.3 Å². The fourth-order valence-corrected chi connectivity index (χ4v) is 3.73. The molecule has 7 heteroatoms. The third-order valence-electron chi connectivity index (χ3n) is 4.21. The number of anilines is 2. The van der Waals surface area contributed by atoms with E-state index in [1.807, 2.05) is 19.1 Å². The lowest BCUT2D eigenvalue weighted by molar-refractivity contribution is 0.0953. The molecule has 0 aliphatic carbocycles. The summed E-state index contributed by atoms with van der Waals surface area (Å²) in [6.07, 6.45) is 0.842. The zero-order valence-electron chi connectivity index (χ0n) is 16.0. The number of rotatable bonds is 9. The van der Waals surface area contributed by atoms with E-state index >= 15 is 0 Å². The number of benzene rings is 2. The first-order valence-corrected chi connectivity index (χ1v) is 10.7. The van der Waals surface area contributed by atoms with E-state index in [0.717, 1.165) is 25.2 Å². The van der Waals surface area contributed by atoms with E-state index in [1.54, 1.807) is 12.1 Å². The fourth-order valence-electron chi connectivity index (χ4n) is 2.67. The molecule has 0 fully saturated rings. The average Bonchev–Trinajstić information content (AvgIpc) is 2.68. The van der Waals surface area contributed by atoms with Crippen molar-refractivity contribution in [2.24, 2.45) is 0 Å². The maximum absolute atomic E-state index is 12.6. The Labute approximate surface area is 161 Å². The second-order valence-corrected chi connectivity index (χ2v) is 7.79. The normalized spacial score (nSPS) is 11.1. The van der Waals surface area contributed by atoms with Gasteiger partial charge in [-0.05, 0) is 68.8 Å². The fraction of sp³-hybridized carbons (Fsp3) is 0.350. The number of sulfonamides is 1. The van der Waals surface area contributed by atoms with Crippen LogP contribution in [0.4, 0.5) is 11.4 Å². The Morgan fingerprint density at radius 2 is 1.52 bits per heavy atom. The molecule has 2 aromatic carbocycles. The number of nitrogens with zero attached hydrogens (tertiary/aromatic N) is 1. The standard InChI is InChI=1S/C20H27N3O3S/c1-4-15-21-20(24)16-7-13-19(14-8-16)27(25,26)22-17-9-11-18(12-10-17)23(5-2)6-3/h7-14,22H,4-6,15H2,1-3H3,(H,21,24). The van der Waals surface area contributed by atoms with Crippen molar-refractivity contribution in [1.82, 2.24) is 5.32 Å². The van der Waals surface area contributed by atoms with Gasteiger partial charge in [0, 0.05) is 36.6 Å². The smallest absolute Gasteiger partial charge is 0.261 e. The Kier molecular flexibility index (Phi) is 7.24. The van der Waals surface area contributed by atoms with Gasteiger partial charge < -0.3 is 10.2 Å². The molecule has 2 N–H and O–H groups in total. The first-order chi connectivity index (χ1) is 12.9. The van der Waals surface area contributed by atoms with Gasteiger partial charge in [0.15, 0.2) is 0 Å². The maximum atomic E-state index is 12.6. The molecular weight excluding hydrogens is 362 g/mol. The highest BCUT2D eigenvalue weighted by Crippen LogP contribution is 2.21. The molecular formula is C20H27N3O3S. The van der Waals surface area contributed by atoms with E-state index < -0.39 is 10.0 Å². The summed E-state index contributed by atoms with van der Waals surface area (Å²) < 4.78 is 27.7. The summed E-state index contributed by atoms with van der Waals surface area (Å²) in [5, 5.41) is 2.76. The Morgan fingerprint density at radius 1 is 0.926 bits per heavy atom. The van der Waals surface area contributed by atoms with E-state index in [1.165, 1.54) is 24.3 Å². The van der Waals surface area contributed by atoms with Crippen LogP contribution in [0.3, 0.4) is 0 Å². The molecule has 0 unspecified atom stereocenters. The van der Waals surface area contributed by atoms with Crippen LogP contribution in [0.25, 0.3) is 0 Å². The average molecular weight is 390 g/mol. The molecule has 0 aliphatic heterocycles. The van der Waals surface area contributed by atoms with Gasteiger partial charge in [0.05, 0.1) is 4.90 Å². The summed E-state index contributed by atoms with van der Waals surface area (Å²) >= 11 is 0. The lowest BCUT2D eigenvalue weighted by Crippen LogP contribution is -2.24. The van der Waals surface area contributed by atoms with Gasteiger partial charge in [-0.15, -0.1) is 0 Å². The number of carbonyl (C=O) groups is 1. The predicted octanol–water partition coefficient (Wildman–Crippen LogP) is 3.47. The Bertz CT molecular complexity index is 843. The van der Waals surface area contributed by atoms with E-state index in [9.17, 15) is 13.2 Å². The lowest BCUT2D eigenvalue weighted by atomic mass is 10.2. The zero-order valence-corrected chi connectivity index (χ0v) is 16.8. The third-order valence-corrected chi connectivity index (χ3v) is 5.61. The van der Waals surface area contributed by atoms with Crippen LogP contribution in [0, 0.1) is 0 Å². The summed E-state index contributed by atoms with van der Waals surface area (Å²) in [5.41, 5.74) is 1.98. The zero-order chi connectivity index (χ0) is 19.9. The van der Waals surface area contributed by atoms with Gasteiger partial charge in [-0.1, -0.05) is 6.92 Å². The number of amides is 1. The van der Waals surface area contributed by atoms with Crippen LogP contribution in [0.5, 0.6) is 0 Å². The van der Waals surface area contributed by atoms with Crippen LogP contribution < -0.4 is 14.9 Å². The minimum absolute atomic E-state index is 0.113. The van der Waals surface area contributed by atoms with Crippen LogP contribution in [-0.2, 0) is 10.0 Å². The molecule has 0 aromatic heterocycles. The third kappa shape index (κ3) is 5.47. The molecule has 0 saturated carbocycles. The lowest BCUT2D eigenvalue weighted by Gasteiger charge is -2.21. The van der Waals surface area contributed by atoms with Crippen molar-refractivity contribution in [3.05, 3.63) is 54.1 Å². The molecule has 0 bridgehead atoms. The maximum Gasteiger partial charge on any atom is 0.261 e. The SMILES string of the molecule is CCCNC(=O)c1ccc(S(=O)(=O)Nc2ccc(N(CC)CC)cc2)cc1. The Morgan fingerprint density at radius 3 is 2.04 bits per heavy atom. The van der Waals surface area contributed by atoms with Crippen LogP contribution in [0.2, 0.25) is 0 Å².